The van der Waals surface area contributed by atoms with E-state index in [2.05, 4.69) is 30.4 Å². The lowest BCUT2D eigenvalue weighted by Crippen LogP contribution is -2.51. The molecule has 0 aromatic heterocycles. The van der Waals surface area contributed by atoms with Gasteiger partial charge in [0.25, 0.3) is 5.91 Å². The van der Waals surface area contributed by atoms with Crippen LogP contribution >= 0.6 is 0 Å². The van der Waals surface area contributed by atoms with Crippen molar-refractivity contribution in [3.8, 4) is 5.75 Å². The summed E-state index contributed by atoms with van der Waals surface area (Å²) in [6.07, 6.45) is 11.0. The second-order valence-corrected chi connectivity index (χ2v) is 13.2. The van der Waals surface area contributed by atoms with Gasteiger partial charge in [-0.15, -0.1) is 0 Å². The Kier molecular flexibility index (Phi) is 8.31. The van der Waals surface area contributed by atoms with Crippen molar-refractivity contribution >= 4 is 23.4 Å². The number of rotatable bonds is 8. The fourth-order valence-corrected chi connectivity index (χ4v) is 8.92. The summed E-state index contributed by atoms with van der Waals surface area (Å²) in [6, 6.07) is 5.58. The highest BCUT2D eigenvalue weighted by molar-refractivity contribution is 5.96. The summed E-state index contributed by atoms with van der Waals surface area (Å²) in [5.41, 5.74) is 3.39. The number of carbonyl (C=O) groups is 3. The minimum atomic E-state index is -0.871. The molecule has 8 nitrogen and oxygen atoms in total. The predicted octanol–water partition coefficient (Wildman–Crippen LogP) is 5.13. The van der Waals surface area contributed by atoms with Gasteiger partial charge in [-0.1, -0.05) is 36.7 Å². The molecular weight excluding hydrogens is 520 g/mol. The van der Waals surface area contributed by atoms with Crippen LogP contribution in [0.1, 0.15) is 77.7 Å². The zero-order valence-electron chi connectivity index (χ0n) is 24.8. The summed E-state index contributed by atoms with van der Waals surface area (Å²) in [7, 11) is 1.28. The van der Waals surface area contributed by atoms with Crippen LogP contribution in [0.4, 0.5) is 0 Å². The van der Waals surface area contributed by atoms with Crippen molar-refractivity contribution < 1.29 is 29.1 Å². The summed E-state index contributed by atoms with van der Waals surface area (Å²) in [5, 5.41) is 16.5. The van der Waals surface area contributed by atoms with E-state index in [0.29, 0.717) is 23.5 Å². The number of phenolic OH excluding ortho intramolecular Hbond substituents is 1. The number of aromatic hydroxyl groups is 1. The van der Waals surface area contributed by atoms with Crippen LogP contribution in [0.25, 0.3) is 0 Å². The fraction of sp³-hybridized carbons (Fsp3) is 0.636. The summed E-state index contributed by atoms with van der Waals surface area (Å²) in [5.74, 6) is 1.70. The van der Waals surface area contributed by atoms with Crippen molar-refractivity contribution in [1.82, 2.24) is 5.32 Å². The lowest BCUT2D eigenvalue weighted by molar-refractivity contribution is -0.145. The van der Waals surface area contributed by atoms with Gasteiger partial charge in [-0.3, -0.25) is 9.59 Å². The van der Waals surface area contributed by atoms with Crippen molar-refractivity contribution in [3.63, 3.8) is 0 Å². The van der Waals surface area contributed by atoms with Crippen LogP contribution in [0.2, 0.25) is 0 Å². The van der Waals surface area contributed by atoms with E-state index in [1.54, 1.807) is 19.1 Å². The number of nitrogens with one attached hydrogen (secondary N) is 1. The second-order valence-electron chi connectivity index (χ2n) is 13.2. The third-order valence-electron chi connectivity index (χ3n) is 11.0. The monoisotopic (exact) mass is 564 g/mol. The molecule has 5 rings (SSSR count). The number of carbonyl (C=O) groups excluding carboxylic acids is 3. The molecule has 41 heavy (non-hydrogen) atoms. The molecule has 0 unspecified atom stereocenters. The first-order chi connectivity index (χ1) is 19.5. The Labute approximate surface area is 242 Å². The molecule has 0 aliphatic heterocycles. The van der Waals surface area contributed by atoms with Crippen LogP contribution in [0, 0.1) is 34.5 Å². The number of esters is 1. The Morgan fingerprint density at radius 1 is 1.05 bits per heavy atom. The van der Waals surface area contributed by atoms with Gasteiger partial charge >= 0.3 is 5.97 Å². The maximum Gasteiger partial charge on any atom is 0.328 e. The smallest absolute Gasteiger partial charge is 0.328 e. The fourth-order valence-electron chi connectivity index (χ4n) is 8.92. The molecule has 4 aliphatic rings. The molecular formula is C33H44N2O6. The minimum absolute atomic E-state index is 0.129. The first-order valence-electron chi connectivity index (χ1n) is 15.1. The maximum atomic E-state index is 12.6. The first-order valence-corrected chi connectivity index (χ1v) is 15.1. The van der Waals surface area contributed by atoms with Crippen LogP contribution < -0.4 is 5.32 Å². The Hall–Kier alpha value is -3.16. The third-order valence-corrected chi connectivity index (χ3v) is 11.0. The van der Waals surface area contributed by atoms with Crippen molar-refractivity contribution in [3.05, 3.63) is 41.5 Å². The molecule has 3 saturated carbocycles. The minimum Gasteiger partial charge on any atom is -0.508 e. The highest BCUT2D eigenvalue weighted by Gasteiger charge is 2.59. The number of hydrogen-bond acceptors (Lipinski definition) is 7. The van der Waals surface area contributed by atoms with E-state index < -0.39 is 17.9 Å². The molecule has 0 radical (unpaired) electrons. The molecule has 2 N–H and O–H groups in total. The number of phenols is 1. The molecule has 1 aromatic rings. The number of nitrogens with zero attached hydrogens (tertiary/aromatic N) is 1. The number of amides is 1. The number of oxime groups is 1. The summed E-state index contributed by atoms with van der Waals surface area (Å²) in [4.78, 5) is 42.7. The first kappa shape index (κ1) is 29.3. The predicted molar refractivity (Wildman–Crippen MR) is 155 cm³/mol. The van der Waals surface area contributed by atoms with Crippen LogP contribution in [0.3, 0.4) is 0 Å². The number of Topliss-reactive ketones (excluding diaryl/α,β-unsaturated/α-hetero) is 1. The maximum absolute atomic E-state index is 12.6. The highest BCUT2D eigenvalue weighted by atomic mass is 16.6. The average Bonchev–Trinajstić information content (AvgIpc) is 3.31. The van der Waals surface area contributed by atoms with Gasteiger partial charge in [0.2, 0.25) is 0 Å². The lowest BCUT2D eigenvalue weighted by Gasteiger charge is -2.58. The summed E-state index contributed by atoms with van der Waals surface area (Å²) < 4.78 is 4.86. The Morgan fingerprint density at radius 3 is 2.51 bits per heavy atom. The number of ether oxygens (including phenoxy) is 1. The molecule has 4 aliphatic carbocycles. The lowest BCUT2D eigenvalue weighted by atomic mass is 9.46. The van der Waals surface area contributed by atoms with Gasteiger partial charge in [-0.05, 0) is 111 Å². The number of benzene rings is 1. The van der Waals surface area contributed by atoms with E-state index >= 15 is 0 Å². The van der Waals surface area contributed by atoms with Crippen molar-refractivity contribution in [1.29, 1.82) is 0 Å². The number of fused-ring (bicyclic) bond motifs is 5. The highest BCUT2D eigenvalue weighted by Crippen LogP contribution is 2.66. The van der Waals surface area contributed by atoms with E-state index in [1.165, 1.54) is 44.1 Å². The molecule has 222 valence electrons. The molecule has 0 bridgehead atoms. The second kappa shape index (κ2) is 11.6. The summed E-state index contributed by atoms with van der Waals surface area (Å²) >= 11 is 0. The quantitative estimate of drug-likeness (QED) is 0.334. The number of methoxy groups -OCH3 is 1. The van der Waals surface area contributed by atoms with Gasteiger partial charge in [0.1, 0.15) is 17.6 Å². The third kappa shape index (κ3) is 5.67. The molecule has 8 heteroatoms. The summed E-state index contributed by atoms with van der Waals surface area (Å²) in [6.45, 7) is 6.31. The van der Waals surface area contributed by atoms with Gasteiger partial charge in [0.15, 0.2) is 6.61 Å². The van der Waals surface area contributed by atoms with Crippen molar-refractivity contribution in [2.24, 2.45) is 39.7 Å². The Bertz CT molecular complexity index is 1240. The van der Waals surface area contributed by atoms with E-state index in [-0.39, 0.29) is 35.5 Å². The standard InChI is InChI=1S/C33H44N2O6/c1-20(36)26-11-12-27-25-10-7-22-18-23(13-15-32(22,2)28(25)14-16-33(26,27)3)35-41-19-30(38)34-29(31(39)40-4)17-21-5-8-24(37)9-6-21/h5-6,8-9,18,25-29,37H,7,10-17,19H2,1-4H3,(H,34,38)/b35-23+/t25-,26+,27-,28-,29-,32-,33+/m0/s1. The van der Waals surface area contributed by atoms with Crippen LogP contribution in [-0.4, -0.2) is 48.2 Å². The van der Waals surface area contributed by atoms with Crippen LogP contribution in [0.15, 0.2) is 41.1 Å². The van der Waals surface area contributed by atoms with E-state index in [4.69, 9.17) is 9.57 Å². The van der Waals surface area contributed by atoms with Gasteiger partial charge in [0.05, 0.1) is 12.8 Å². The topological polar surface area (TPSA) is 114 Å². The molecule has 0 saturated heterocycles. The number of ketones is 1. The van der Waals surface area contributed by atoms with Crippen molar-refractivity contribution in [2.45, 2.75) is 84.6 Å². The van der Waals surface area contributed by atoms with Crippen molar-refractivity contribution in [2.75, 3.05) is 13.7 Å². The van der Waals surface area contributed by atoms with Gasteiger partial charge in [-0.25, -0.2) is 4.79 Å². The van der Waals surface area contributed by atoms with Gasteiger partial charge < -0.3 is 20.0 Å². The molecule has 1 aromatic carbocycles. The average molecular weight is 565 g/mol. The van der Waals surface area contributed by atoms with E-state index in [9.17, 15) is 19.5 Å². The zero-order valence-corrected chi connectivity index (χ0v) is 24.8. The Morgan fingerprint density at radius 2 is 1.80 bits per heavy atom. The molecule has 0 heterocycles. The van der Waals surface area contributed by atoms with Crippen LogP contribution in [0.5, 0.6) is 5.75 Å². The normalized spacial score (nSPS) is 34.0. The molecule has 1 amide bonds. The molecule has 0 spiro atoms. The van der Waals surface area contributed by atoms with Crippen LogP contribution in [-0.2, 0) is 30.4 Å². The Balaban J connectivity index is 1.19. The van der Waals surface area contributed by atoms with E-state index in [0.717, 1.165) is 43.4 Å². The molecule has 7 atom stereocenters. The van der Waals surface area contributed by atoms with Gasteiger partial charge in [-0.2, -0.15) is 0 Å². The number of hydrogen-bond donors (Lipinski definition) is 2. The zero-order chi connectivity index (χ0) is 29.4. The van der Waals surface area contributed by atoms with Gasteiger partial charge in [0, 0.05) is 12.3 Å². The number of allylic oxidation sites excluding steroid dienone is 2. The SMILES string of the molecule is COC(=O)[C@H](Cc1ccc(O)cc1)NC(=O)CO/N=C1/C=C2CC[C@H]3[C@@H]4CC[C@H](C(C)=O)[C@@]4(C)CC[C@@H]3[C@@]2(C)CC1. The largest absolute Gasteiger partial charge is 0.508 e. The molecule has 3 fully saturated rings. The van der Waals surface area contributed by atoms with E-state index in [1.807, 2.05) is 0 Å².